The molecule has 0 saturated heterocycles. The van der Waals surface area contributed by atoms with E-state index in [1.807, 2.05) is 48.1 Å². The SMILES string of the molecule is COc1ccccc1C(Nc1ccc(F)cc1C#N)c1nccn1C. The molecule has 0 amide bonds. The Morgan fingerprint density at radius 2 is 2.08 bits per heavy atom. The van der Waals surface area contributed by atoms with Crippen LogP contribution >= 0.6 is 0 Å². The fraction of sp³-hybridized carbons (Fsp3) is 0.158. The zero-order valence-electron chi connectivity index (χ0n) is 13.9. The lowest BCUT2D eigenvalue weighted by molar-refractivity contribution is 0.408. The van der Waals surface area contributed by atoms with Gasteiger partial charge in [-0.25, -0.2) is 9.37 Å². The Labute approximate surface area is 145 Å². The van der Waals surface area contributed by atoms with E-state index in [1.54, 1.807) is 19.4 Å². The van der Waals surface area contributed by atoms with E-state index in [9.17, 15) is 9.65 Å². The summed E-state index contributed by atoms with van der Waals surface area (Å²) in [6, 6.07) is 13.3. The van der Waals surface area contributed by atoms with Crippen molar-refractivity contribution in [1.29, 1.82) is 5.26 Å². The number of ether oxygens (including phenoxy) is 1. The molecule has 1 atom stereocenters. The van der Waals surface area contributed by atoms with Crippen LogP contribution in [0.5, 0.6) is 5.75 Å². The van der Waals surface area contributed by atoms with Crippen molar-refractivity contribution < 1.29 is 9.13 Å². The minimum atomic E-state index is -0.451. The highest BCUT2D eigenvalue weighted by atomic mass is 19.1. The van der Waals surface area contributed by atoms with Gasteiger partial charge in [-0.2, -0.15) is 5.26 Å². The van der Waals surface area contributed by atoms with Crippen LogP contribution in [-0.4, -0.2) is 16.7 Å². The molecule has 1 N–H and O–H groups in total. The molecule has 25 heavy (non-hydrogen) atoms. The number of imidazole rings is 1. The van der Waals surface area contributed by atoms with Crippen LogP contribution in [0.1, 0.15) is 23.0 Å². The van der Waals surface area contributed by atoms with Crippen molar-refractivity contribution in [3.05, 3.63) is 77.6 Å². The van der Waals surface area contributed by atoms with E-state index in [2.05, 4.69) is 10.3 Å². The quantitative estimate of drug-likeness (QED) is 0.773. The largest absolute Gasteiger partial charge is 0.496 e. The monoisotopic (exact) mass is 336 g/mol. The first kappa shape index (κ1) is 16.5. The van der Waals surface area contributed by atoms with Gasteiger partial charge in [0.15, 0.2) is 0 Å². The summed E-state index contributed by atoms with van der Waals surface area (Å²) in [6.45, 7) is 0. The van der Waals surface area contributed by atoms with E-state index in [0.29, 0.717) is 11.4 Å². The molecule has 6 heteroatoms. The number of methoxy groups -OCH3 is 1. The zero-order valence-corrected chi connectivity index (χ0v) is 13.9. The number of para-hydroxylation sites is 1. The van der Waals surface area contributed by atoms with Gasteiger partial charge in [0.25, 0.3) is 0 Å². The van der Waals surface area contributed by atoms with E-state index in [-0.39, 0.29) is 11.6 Å². The number of nitriles is 1. The summed E-state index contributed by atoms with van der Waals surface area (Å²) in [5.74, 6) is 0.995. The van der Waals surface area contributed by atoms with Crippen molar-refractivity contribution in [1.82, 2.24) is 9.55 Å². The first-order valence-corrected chi connectivity index (χ1v) is 7.70. The Hall–Kier alpha value is -3.33. The van der Waals surface area contributed by atoms with Crippen LogP contribution in [0.4, 0.5) is 10.1 Å². The maximum Gasteiger partial charge on any atom is 0.135 e. The predicted molar refractivity (Wildman–Crippen MR) is 92.8 cm³/mol. The van der Waals surface area contributed by atoms with Crippen LogP contribution in [0.3, 0.4) is 0 Å². The van der Waals surface area contributed by atoms with Crippen molar-refractivity contribution in [2.24, 2.45) is 7.05 Å². The molecule has 3 rings (SSSR count). The second-order valence-electron chi connectivity index (χ2n) is 5.52. The minimum Gasteiger partial charge on any atom is -0.496 e. The van der Waals surface area contributed by atoms with Crippen molar-refractivity contribution in [3.8, 4) is 11.8 Å². The standard InChI is InChI=1S/C19H17FN4O/c1-24-10-9-22-19(24)18(15-5-3-4-6-17(15)25-2)23-16-8-7-14(20)11-13(16)12-21/h3-11,18,23H,1-2H3. The van der Waals surface area contributed by atoms with E-state index in [4.69, 9.17) is 4.74 Å². The normalized spacial score (nSPS) is 11.6. The number of anilines is 1. The summed E-state index contributed by atoms with van der Waals surface area (Å²) in [6.07, 6.45) is 3.55. The molecule has 0 spiro atoms. The topological polar surface area (TPSA) is 62.9 Å². The molecule has 0 aliphatic rings. The number of aryl methyl sites for hydroxylation is 1. The van der Waals surface area contributed by atoms with Crippen LogP contribution in [0.15, 0.2) is 54.9 Å². The number of nitrogens with zero attached hydrogens (tertiary/aromatic N) is 3. The Kier molecular flexibility index (Phi) is 4.66. The van der Waals surface area contributed by atoms with Crippen LogP contribution in [0.2, 0.25) is 0 Å². The summed E-state index contributed by atoms with van der Waals surface area (Å²) in [7, 11) is 3.50. The minimum absolute atomic E-state index is 0.231. The maximum atomic E-state index is 13.4. The Morgan fingerprint density at radius 1 is 1.28 bits per heavy atom. The number of halogens is 1. The van der Waals surface area contributed by atoms with Crippen molar-refractivity contribution >= 4 is 5.69 Å². The average Bonchev–Trinajstić information content (AvgIpc) is 3.06. The third-order valence-corrected chi connectivity index (χ3v) is 3.97. The molecule has 0 saturated carbocycles. The summed E-state index contributed by atoms with van der Waals surface area (Å²) in [4.78, 5) is 4.43. The smallest absolute Gasteiger partial charge is 0.135 e. The van der Waals surface area contributed by atoms with Gasteiger partial charge in [-0.05, 0) is 24.3 Å². The van der Waals surface area contributed by atoms with Crippen LogP contribution < -0.4 is 10.1 Å². The zero-order chi connectivity index (χ0) is 17.8. The van der Waals surface area contributed by atoms with E-state index in [0.717, 1.165) is 11.4 Å². The molecule has 5 nitrogen and oxygen atoms in total. The third-order valence-electron chi connectivity index (χ3n) is 3.97. The Bertz CT molecular complexity index is 929. The molecule has 1 heterocycles. The second kappa shape index (κ2) is 7.05. The van der Waals surface area contributed by atoms with Gasteiger partial charge in [0.05, 0.1) is 18.4 Å². The number of hydrogen-bond donors (Lipinski definition) is 1. The molecule has 1 aromatic heterocycles. The van der Waals surface area contributed by atoms with Crippen LogP contribution in [0, 0.1) is 17.1 Å². The predicted octanol–water partition coefficient (Wildman–Crippen LogP) is 3.64. The molecule has 0 aliphatic carbocycles. The molecule has 0 radical (unpaired) electrons. The van der Waals surface area contributed by atoms with Crippen molar-refractivity contribution in [2.75, 3.05) is 12.4 Å². The van der Waals surface area contributed by atoms with E-state index >= 15 is 0 Å². The lowest BCUT2D eigenvalue weighted by atomic mass is 10.0. The molecule has 3 aromatic rings. The summed E-state index contributed by atoms with van der Waals surface area (Å²) in [5.41, 5.74) is 1.63. The van der Waals surface area contributed by atoms with Gasteiger partial charge in [-0.1, -0.05) is 18.2 Å². The fourth-order valence-corrected chi connectivity index (χ4v) is 2.73. The first-order chi connectivity index (χ1) is 12.1. The summed E-state index contributed by atoms with van der Waals surface area (Å²) < 4.78 is 20.8. The number of benzene rings is 2. The summed E-state index contributed by atoms with van der Waals surface area (Å²) in [5, 5.41) is 12.6. The fourth-order valence-electron chi connectivity index (χ4n) is 2.73. The van der Waals surface area contributed by atoms with Crippen LogP contribution in [0.25, 0.3) is 0 Å². The Balaban J connectivity index is 2.10. The molecule has 1 unspecified atom stereocenters. The van der Waals surface area contributed by atoms with Gasteiger partial charge in [-0.3, -0.25) is 0 Å². The van der Waals surface area contributed by atoms with E-state index < -0.39 is 5.82 Å². The highest BCUT2D eigenvalue weighted by Gasteiger charge is 2.22. The van der Waals surface area contributed by atoms with Gasteiger partial charge in [-0.15, -0.1) is 0 Å². The summed E-state index contributed by atoms with van der Waals surface area (Å²) >= 11 is 0. The van der Waals surface area contributed by atoms with Crippen molar-refractivity contribution in [3.63, 3.8) is 0 Å². The lowest BCUT2D eigenvalue weighted by Gasteiger charge is -2.22. The molecule has 2 aromatic carbocycles. The van der Waals surface area contributed by atoms with Gasteiger partial charge in [0.2, 0.25) is 0 Å². The maximum absolute atomic E-state index is 13.4. The number of hydrogen-bond acceptors (Lipinski definition) is 4. The van der Waals surface area contributed by atoms with Gasteiger partial charge in [0, 0.05) is 25.0 Å². The van der Waals surface area contributed by atoms with Gasteiger partial charge < -0.3 is 14.6 Å². The molecular weight excluding hydrogens is 319 g/mol. The van der Waals surface area contributed by atoms with Crippen LogP contribution in [-0.2, 0) is 7.05 Å². The third kappa shape index (κ3) is 3.31. The molecule has 0 bridgehead atoms. The molecule has 0 fully saturated rings. The second-order valence-corrected chi connectivity index (χ2v) is 5.52. The van der Waals surface area contributed by atoms with Gasteiger partial charge >= 0.3 is 0 Å². The highest BCUT2D eigenvalue weighted by molar-refractivity contribution is 5.60. The highest BCUT2D eigenvalue weighted by Crippen LogP contribution is 2.33. The van der Waals surface area contributed by atoms with E-state index in [1.165, 1.54) is 12.1 Å². The number of nitrogens with one attached hydrogen (secondary N) is 1. The number of rotatable bonds is 5. The van der Waals surface area contributed by atoms with Crippen molar-refractivity contribution in [2.45, 2.75) is 6.04 Å². The lowest BCUT2D eigenvalue weighted by Crippen LogP contribution is -2.18. The molecule has 0 aliphatic heterocycles. The Morgan fingerprint density at radius 3 is 2.76 bits per heavy atom. The average molecular weight is 336 g/mol. The molecular formula is C19H17FN4O. The number of aromatic nitrogens is 2. The molecule has 126 valence electrons. The first-order valence-electron chi connectivity index (χ1n) is 7.70. The van der Waals surface area contributed by atoms with Gasteiger partial charge in [0.1, 0.15) is 29.5 Å².